The Bertz CT molecular complexity index is 1040. The number of allylic oxidation sites excluding steroid dienone is 2. The van der Waals surface area contributed by atoms with E-state index in [2.05, 4.69) is 16.4 Å². The summed E-state index contributed by atoms with van der Waals surface area (Å²) < 4.78 is 1.14. The molecule has 0 unspecified atom stereocenters. The monoisotopic (exact) mass is 387 g/mol. The molecule has 0 aromatic carbocycles. The number of aromatic nitrogens is 2. The van der Waals surface area contributed by atoms with Crippen LogP contribution in [0, 0.1) is 0 Å². The molecule has 1 aliphatic rings. The highest BCUT2D eigenvalue weighted by atomic mass is 16.4. The van der Waals surface area contributed by atoms with Gasteiger partial charge in [0.15, 0.2) is 6.04 Å². The van der Waals surface area contributed by atoms with E-state index in [9.17, 15) is 19.5 Å². The number of aliphatic hydroxyl groups is 1. The van der Waals surface area contributed by atoms with Gasteiger partial charge in [-0.1, -0.05) is 6.08 Å². The summed E-state index contributed by atoms with van der Waals surface area (Å²) in [5, 5.41) is 31.3. The molecule has 1 aliphatic carbocycles. The second kappa shape index (κ2) is 7.81. The molecule has 0 bridgehead atoms. The number of nitrogens with zero attached hydrogens (tertiary/aromatic N) is 2. The molecule has 148 valence electrons. The number of aromatic hydroxyl groups is 1. The summed E-state index contributed by atoms with van der Waals surface area (Å²) in [5.41, 5.74) is 0.508. The average molecular weight is 387 g/mol. The van der Waals surface area contributed by atoms with Crippen molar-refractivity contribution in [3.63, 3.8) is 0 Å². The Hall–Kier alpha value is -3.20. The SMILES string of the molecule is Cn1c(=O)c(C(=O)N[C@@H](CO)C(=O)O)c(O)c2c(C3=CCCCC3)ccnc21. The normalized spacial score (nSPS) is 15.1. The lowest BCUT2D eigenvalue weighted by molar-refractivity contribution is -0.140. The van der Waals surface area contributed by atoms with Crippen LogP contribution in [0.3, 0.4) is 0 Å². The number of aryl methyl sites for hydroxylation is 1. The van der Waals surface area contributed by atoms with Crippen molar-refractivity contribution in [2.24, 2.45) is 7.05 Å². The molecule has 2 aromatic rings. The third-order valence-electron chi connectivity index (χ3n) is 4.89. The Morgan fingerprint density at radius 1 is 1.36 bits per heavy atom. The second-order valence-corrected chi connectivity index (χ2v) is 6.67. The minimum Gasteiger partial charge on any atom is -0.506 e. The van der Waals surface area contributed by atoms with Crippen LogP contribution in [0.4, 0.5) is 0 Å². The average Bonchev–Trinajstić information content (AvgIpc) is 2.70. The summed E-state index contributed by atoms with van der Waals surface area (Å²) >= 11 is 0. The van der Waals surface area contributed by atoms with Gasteiger partial charge in [0.1, 0.15) is 17.0 Å². The van der Waals surface area contributed by atoms with Crippen LogP contribution < -0.4 is 10.9 Å². The summed E-state index contributed by atoms with van der Waals surface area (Å²) in [6.45, 7) is -0.852. The van der Waals surface area contributed by atoms with Crippen LogP contribution >= 0.6 is 0 Å². The maximum absolute atomic E-state index is 12.6. The zero-order valence-corrected chi connectivity index (χ0v) is 15.3. The van der Waals surface area contributed by atoms with Crippen molar-refractivity contribution in [1.29, 1.82) is 0 Å². The molecule has 0 saturated heterocycles. The zero-order valence-electron chi connectivity index (χ0n) is 15.3. The predicted octanol–water partition coefficient (Wildman–Crippen LogP) is 0.772. The Labute approximate surface area is 159 Å². The van der Waals surface area contributed by atoms with E-state index in [0.717, 1.165) is 35.8 Å². The van der Waals surface area contributed by atoms with Crippen LogP contribution in [-0.4, -0.2) is 49.4 Å². The minimum absolute atomic E-state index is 0.222. The van der Waals surface area contributed by atoms with Gasteiger partial charge in [0.25, 0.3) is 11.5 Å². The van der Waals surface area contributed by atoms with Crippen molar-refractivity contribution in [3.8, 4) is 5.75 Å². The number of carbonyl (C=O) groups is 2. The van der Waals surface area contributed by atoms with Gasteiger partial charge >= 0.3 is 5.97 Å². The quantitative estimate of drug-likeness (QED) is 0.594. The van der Waals surface area contributed by atoms with Crippen LogP contribution in [0.1, 0.15) is 41.6 Å². The molecule has 0 spiro atoms. The largest absolute Gasteiger partial charge is 0.506 e. The second-order valence-electron chi connectivity index (χ2n) is 6.67. The first-order valence-corrected chi connectivity index (χ1v) is 8.91. The van der Waals surface area contributed by atoms with E-state index in [4.69, 9.17) is 10.2 Å². The van der Waals surface area contributed by atoms with E-state index in [1.54, 1.807) is 6.07 Å². The first kappa shape index (κ1) is 19.6. The lowest BCUT2D eigenvalue weighted by Crippen LogP contribution is -2.45. The van der Waals surface area contributed by atoms with Crippen LogP contribution in [-0.2, 0) is 11.8 Å². The van der Waals surface area contributed by atoms with Gasteiger partial charge in [-0.3, -0.25) is 14.2 Å². The third kappa shape index (κ3) is 3.36. The van der Waals surface area contributed by atoms with E-state index in [1.165, 1.54) is 13.2 Å². The molecule has 0 radical (unpaired) electrons. The smallest absolute Gasteiger partial charge is 0.328 e. The number of carboxylic acid groups (broad SMARTS) is 1. The van der Waals surface area contributed by atoms with Gasteiger partial charge in [-0.05, 0) is 42.9 Å². The lowest BCUT2D eigenvalue weighted by Gasteiger charge is -2.18. The fourth-order valence-corrected chi connectivity index (χ4v) is 3.40. The number of hydrogen-bond donors (Lipinski definition) is 4. The van der Waals surface area contributed by atoms with E-state index in [0.29, 0.717) is 5.56 Å². The molecular weight excluding hydrogens is 366 g/mol. The van der Waals surface area contributed by atoms with Gasteiger partial charge in [-0.15, -0.1) is 0 Å². The van der Waals surface area contributed by atoms with Crippen LogP contribution in [0.25, 0.3) is 16.6 Å². The first-order chi connectivity index (χ1) is 13.4. The van der Waals surface area contributed by atoms with Gasteiger partial charge in [-0.2, -0.15) is 0 Å². The summed E-state index contributed by atoms with van der Waals surface area (Å²) in [7, 11) is 1.42. The number of carbonyl (C=O) groups excluding carboxylic acids is 1. The van der Waals surface area contributed by atoms with E-state index in [-0.39, 0.29) is 11.0 Å². The maximum Gasteiger partial charge on any atom is 0.328 e. The van der Waals surface area contributed by atoms with Crippen LogP contribution in [0.15, 0.2) is 23.1 Å². The van der Waals surface area contributed by atoms with Crippen LogP contribution in [0.2, 0.25) is 0 Å². The summed E-state index contributed by atoms with van der Waals surface area (Å²) in [4.78, 5) is 40.4. The number of fused-ring (bicyclic) bond motifs is 1. The van der Waals surface area contributed by atoms with E-state index >= 15 is 0 Å². The molecule has 2 heterocycles. The lowest BCUT2D eigenvalue weighted by atomic mass is 9.91. The molecule has 1 atom stereocenters. The number of hydrogen-bond acceptors (Lipinski definition) is 6. The van der Waals surface area contributed by atoms with Gasteiger partial charge < -0.3 is 20.6 Å². The third-order valence-corrected chi connectivity index (χ3v) is 4.89. The zero-order chi connectivity index (χ0) is 20.4. The Balaban J connectivity index is 2.22. The van der Waals surface area contributed by atoms with Crippen molar-refractivity contribution < 1.29 is 24.9 Å². The number of amides is 1. The molecule has 0 aliphatic heterocycles. The number of aliphatic carboxylic acids is 1. The fourth-order valence-electron chi connectivity index (χ4n) is 3.40. The molecule has 0 saturated carbocycles. The van der Waals surface area contributed by atoms with Crippen molar-refractivity contribution in [2.45, 2.75) is 31.7 Å². The van der Waals surface area contributed by atoms with Crippen molar-refractivity contribution in [1.82, 2.24) is 14.9 Å². The topological polar surface area (TPSA) is 142 Å². The molecule has 1 amide bonds. The summed E-state index contributed by atoms with van der Waals surface area (Å²) in [6.07, 6.45) is 7.37. The first-order valence-electron chi connectivity index (χ1n) is 8.91. The Morgan fingerprint density at radius 2 is 2.11 bits per heavy atom. The van der Waals surface area contributed by atoms with Crippen molar-refractivity contribution in [3.05, 3.63) is 39.8 Å². The number of rotatable bonds is 5. The summed E-state index contributed by atoms with van der Waals surface area (Å²) in [6, 6.07) is 0.126. The highest BCUT2D eigenvalue weighted by molar-refractivity contribution is 6.05. The van der Waals surface area contributed by atoms with E-state index in [1.807, 2.05) is 0 Å². The summed E-state index contributed by atoms with van der Waals surface area (Å²) in [5.74, 6) is -3.08. The maximum atomic E-state index is 12.6. The van der Waals surface area contributed by atoms with Gasteiger partial charge in [0.05, 0.1) is 12.0 Å². The molecule has 9 heteroatoms. The van der Waals surface area contributed by atoms with Crippen LogP contribution in [0.5, 0.6) is 5.75 Å². The Morgan fingerprint density at radius 3 is 2.71 bits per heavy atom. The number of aliphatic hydroxyl groups excluding tert-OH is 1. The molecule has 2 aromatic heterocycles. The molecule has 3 rings (SSSR count). The van der Waals surface area contributed by atoms with Crippen molar-refractivity contribution >= 4 is 28.5 Å². The molecule has 9 nitrogen and oxygen atoms in total. The molecule has 28 heavy (non-hydrogen) atoms. The van der Waals surface area contributed by atoms with E-state index < -0.39 is 41.4 Å². The number of nitrogens with one attached hydrogen (secondary N) is 1. The molecule has 4 N–H and O–H groups in total. The fraction of sp³-hybridized carbons (Fsp3) is 0.368. The van der Waals surface area contributed by atoms with Gasteiger partial charge in [0, 0.05) is 13.2 Å². The molecule has 0 fully saturated rings. The minimum atomic E-state index is -1.60. The van der Waals surface area contributed by atoms with Gasteiger partial charge in [0.2, 0.25) is 0 Å². The highest BCUT2D eigenvalue weighted by Gasteiger charge is 2.27. The predicted molar refractivity (Wildman–Crippen MR) is 101 cm³/mol. The standard InChI is InChI=1S/C19H21N3O6/c1-22-16-13(11(7-8-20-16)10-5-3-2-4-6-10)15(24)14(18(22)26)17(25)21-12(9-23)19(27)28/h5,7-8,12,23-24H,2-4,6,9H2,1H3,(H,21,25)(H,27,28)/t12-/m0/s1. The molecular formula is C19H21N3O6. The number of pyridine rings is 2. The van der Waals surface area contributed by atoms with Gasteiger partial charge in [-0.25, -0.2) is 9.78 Å². The highest BCUT2D eigenvalue weighted by Crippen LogP contribution is 2.35. The Kier molecular flexibility index (Phi) is 5.46. The van der Waals surface area contributed by atoms with Crippen molar-refractivity contribution in [2.75, 3.05) is 6.61 Å². The number of carboxylic acids is 1.